The Hall–Kier alpha value is -5.93. The number of hydrogen-bond acceptors (Lipinski definition) is 3. The van der Waals surface area contributed by atoms with Crippen molar-refractivity contribution in [3.8, 4) is 66.9 Å². The molecule has 0 fully saturated rings. The molecule has 10 rings (SSSR count). The minimum absolute atomic E-state index is 0.196. The van der Waals surface area contributed by atoms with Gasteiger partial charge in [-0.1, -0.05) is 0 Å². The van der Waals surface area contributed by atoms with Crippen LogP contribution in [0.15, 0.2) is 152 Å². The van der Waals surface area contributed by atoms with Gasteiger partial charge in [0.25, 0.3) is 0 Å². The van der Waals surface area contributed by atoms with E-state index in [4.69, 9.17) is 5.10 Å². The van der Waals surface area contributed by atoms with Crippen molar-refractivity contribution < 1.29 is 0 Å². The molecule has 2 aromatic heterocycles. The van der Waals surface area contributed by atoms with Crippen molar-refractivity contribution in [1.82, 2.24) is 15.4 Å². The number of hydrogen-bond donors (Lipinski definition) is 0. The number of fused-ring (bicyclic) bond motifs is 6. The van der Waals surface area contributed by atoms with Crippen molar-refractivity contribution >= 4 is 33.8 Å². The molecule has 0 unspecified atom stereocenters. The molecule has 0 saturated carbocycles. The molecule has 52 heavy (non-hydrogen) atoms. The first kappa shape index (κ1) is 30.9. The summed E-state index contributed by atoms with van der Waals surface area (Å²) in [5.41, 5.74) is 19.7. The maximum absolute atomic E-state index is 4.76. The number of aryl methyl sites for hydroxylation is 1. The molecule has 1 aliphatic rings. The molecule has 3 nitrogen and oxygen atoms in total. The van der Waals surface area contributed by atoms with Gasteiger partial charge in [0.2, 0.25) is 0 Å². The summed E-state index contributed by atoms with van der Waals surface area (Å²) in [5.74, 6) is 0. The minimum atomic E-state index is 0.196. The molecule has 1 aliphatic carbocycles. The van der Waals surface area contributed by atoms with Gasteiger partial charge >= 0.3 is 310 Å². The van der Waals surface area contributed by atoms with E-state index in [0.29, 0.717) is 0 Å². The van der Waals surface area contributed by atoms with E-state index >= 15 is 0 Å². The van der Waals surface area contributed by atoms with Crippen LogP contribution >= 0.6 is 0 Å². The third kappa shape index (κ3) is 4.83. The first-order valence-electron chi connectivity index (χ1n) is 17.7. The van der Waals surface area contributed by atoms with Crippen molar-refractivity contribution in [2.24, 2.45) is 0 Å². The summed E-state index contributed by atoms with van der Waals surface area (Å²) in [6.45, 7) is 4.58. The van der Waals surface area contributed by atoms with E-state index in [2.05, 4.69) is 164 Å². The van der Waals surface area contributed by atoms with Crippen LogP contribution < -0.4 is 0 Å². The number of aromatic nitrogens is 3. The zero-order valence-electron chi connectivity index (χ0n) is 28.9. The second kappa shape index (κ2) is 12.4. The van der Waals surface area contributed by atoms with Gasteiger partial charge in [0.15, 0.2) is 0 Å². The van der Waals surface area contributed by atoms with E-state index in [1.165, 1.54) is 69.4 Å². The third-order valence-electron chi connectivity index (χ3n) is 10.8. The van der Waals surface area contributed by atoms with Crippen molar-refractivity contribution in [2.75, 3.05) is 0 Å². The summed E-state index contributed by atoms with van der Waals surface area (Å²) in [6.07, 6.45) is 2.68. The van der Waals surface area contributed by atoms with E-state index in [-0.39, 0.29) is 14.5 Å². The molecule has 0 aliphatic heterocycles. The van der Waals surface area contributed by atoms with Crippen LogP contribution in [0.1, 0.15) is 22.3 Å². The Balaban J connectivity index is 1.40. The normalized spacial score (nSPS) is 12.0. The molecule has 4 heteroatoms. The van der Waals surface area contributed by atoms with Crippen LogP contribution in [0.5, 0.6) is 0 Å². The molecule has 7 aromatic carbocycles. The molecule has 0 spiro atoms. The summed E-state index contributed by atoms with van der Waals surface area (Å²) < 4.78 is 2.84. The summed E-state index contributed by atoms with van der Waals surface area (Å²) in [7, 11) is 0. The Morgan fingerprint density at radius 1 is 0.519 bits per heavy atom. The summed E-state index contributed by atoms with van der Waals surface area (Å²) >= 11 is 0.196. The second-order valence-corrected chi connectivity index (χ2v) is 15.9. The predicted molar refractivity (Wildman–Crippen MR) is 217 cm³/mol. The van der Waals surface area contributed by atoms with Crippen LogP contribution in [0, 0.1) is 13.8 Å². The first-order valence-corrected chi connectivity index (χ1v) is 19.5. The van der Waals surface area contributed by atoms with Gasteiger partial charge in [-0.15, -0.1) is 0 Å². The Morgan fingerprint density at radius 3 is 2.02 bits per heavy atom. The van der Waals surface area contributed by atoms with Gasteiger partial charge in [0.05, 0.1) is 0 Å². The monoisotopic (exact) mass is 731 g/mol. The van der Waals surface area contributed by atoms with E-state index in [1.807, 2.05) is 6.07 Å². The Kier molecular flexibility index (Phi) is 7.35. The fourth-order valence-corrected chi connectivity index (χ4v) is 10.7. The van der Waals surface area contributed by atoms with E-state index < -0.39 is 0 Å². The molecular weight excluding hydrogens is 698 g/mol. The zero-order valence-corrected chi connectivity index (χ0v) is 30.6. The fraction of sp³-hybridized carbons (Fsp3) is 0.0625. The van der Waals surface area contributed by atoms with Crippen LogP contribution in [0.4, 0.5) is 0 Å². The maximum atomic E-state index is 4.76. The summed E-state index contributed by atoms with van der Waals surface area (Å²) in [5, 5.41) is 15.8. The molecule has 9 aromatic rings. The molecule has 2 heterocycles. The number of benzene rings is 7. The van der Waals surface area contributed by atoms with Gasteiger partial charge in [-0.2, -0.15) is 0 Å². The zero-order chi connectivity index (χ0) is 34.8. The average Bonchev–Trinajstić information content (AvgIpc) is 3.77. The van der Waals surface area contributed by atoms with Gasteiger partial charge < -0.3 is 0 Å². The molecule has 0 N–H and O–H groups in total. The Morgan fingerprint density at radius 2 is 1.21 bits per heavy atom. The van der Waals surface area contributed by atoms with E-state index in [1.54, 1.807) is 6.20 Å². The molecule has 246 valence electrons. The van der Waals surface area contributed by atoms with Gasteiger partial charge in [-0.05, 0) is 0 Å². The van der Waals surface area contributed by atoms with E-state index in [0.717, 1.165) is 45.5 Å². The van der Waals surface area contributed by atoms with Crippen molar-refractivity contribution in [3.63, 3.8) is 0 Å². The second-order valence-electron chi connectivity index (χ2n) is 13.7. The number of nitrogens with zero attached hydrogens (tertiary/aromatic N) is 3. The molecule has 0 amide bonds. The van der Waals surface area contributed by atoms with Crippen LogP contribution in [-0.2, 0) is 6.42 Å². The third-order valence-corrected chi connectivity index (χ3v) is 13.2. The van der Waals surface area contributed by atoms with Crippen LogP contribution in [0.2, 0.25) is 0 Å². The molecule has 0 atom stereocenters. The van der Waals surface area contributed by atoms with Crippen LogP contribution in [0.3, 0.4) is 0 Å². The van der Waals surface area contributed by atoms with E-state index in [9.17, 15) is 0 Å². The predicted octanol–water partition coefficient (Wildman–Crippen LogP) is 11.8. The first-order chi connectivity index (χ1) is 25.7. The van der Waals surface area contributed by atoms with Gasteiger partial charge in [0, 0.05) is 0 Å². The Bertz CT molecular complexity index is 2820. The molecule has 0 radical (unpaired) electrons. The molecule has 0 saturated heterocycles. The SMILES string of the molecule is Cc1cc2c(c(-c3ccc4[se]c5ccccc5c4c3-c3ccc(-c4ccccc4)c(-c4ccccc4)c3-c3ccnnn3)c1C)Cc1ccccc1-2. The topological polar surface area (TPSA) is 38.7 Å². The standard InChI is InChI=1S/C48H33N3Se/c1-29-27-39-34-18-10-9-17-33(34)28-40(39)44(30(29)2)37-23-24-43-48(36-19-11-12-20-42(36)52-43)46(37)38-22-21-35(31-13-5-3-6-14-31)45(32-15-7-4-8-16-32)47(38)41-25-26-49-51-50-41/h3-27H,28H2,1-2H3. The average molecular weight is 731 g/mol. The van der Waals surface area contributed by atoms with Crippen molar-refractivity contribution in [1.29, 1.82) is 0 Å². The Labute approximate surface area is 309 Å². The van der Waals surface area contributed by atoms with Gasteiger partial charge in [-0.25, -0.2) is 0 Å². The molecule has 0 bridgehead atoms. The van der Waals surface area contributed by atoms with Crippen molar-refractivity contribution in [3.05, 3.63) is 174 Å². The summed E-state index contributed by atoms with van der Waals surface area (Å²) in [4.78, 5) is 0. The van der Waals surface area contributed by atoms with Crippen molar-refractivity contribution in [2.45, 2.75) is 20.3 Å². The van der Waals surface area contributed by atoms with Crippen LogP contribution in [0.25, 0.3) is 86.2 Å². The van der Waals surface area contributed by atoms with Gasteiger partial charge in [-0.3, -0.25) is 0 Å². The summed E-state index contributed by atoms with van der Waals surface area (Å²) in [6, 6.07) is 53.3. The molecular formula is C48H33N3Se. The number of rotatable bonds is 5. The van der Waals surface area contributed by atoms with Gasteiger partial charge in [0.1, 0.15) is 0 Å². The van der Waals surface area contributed by atoms with Crippen LogP contribution in [-0.4, -0.2) is 29.9 Å². The quantitative estimate of drug-likeness (QED) is 0.166. The fourth-order valence-electron chi connectivity index (χ4n) is 8.41.